The van der Waals surface area contributed by atoms with Gasteiger partial charge in [-0.15, -0.1) is 0 Å². The van der Waals surface area contributed by atoms with Gasteiger partial charge in [-0.2, -0.15) is 0 Å². The average molecular weight is 454 g/mol. The summed E-state index contributed by atoms with van der Waals surface area (Å²) in [5, 5.41) is 0. The van der Waals surface area contributed by atoms with E-state index in [1.54, 1.807) is 41.4 Å². The molecule has 1 aromatic heterocycles. The minimum Gasteiger partial charge on any atom is -0.369 e. The number of aromatic nitrogens is 2. The van der Waals surface area contributed by atoms with Gasteiger partial charge in [-0.3, -0.25) is 0 Å². The fraction of sp³-hybridized carbons (Fsp3) is 0. The van der Waals surface area contributed by atoms with E-state index in [-0.39, 0.29) is 15.7 Å². The molecule has 0 saturated heterocycles. The second-order valence-electron chi connectivity index (χ2n) is 6.20. The molecule has 0 aliphatic heterocycles. The summed E-state index contributed by atoms with van der Waals surface area (Å²) in [5.41, 5.74) is 9.24. The molecule has 7 heteroatoms. The van der Waals surface area contributed by atoms with Gasteiger partial charge in [0.1, 0.15) is 10.4 Å². The van der Waals surface area contributed by atoms with Gasteiger partial charge in [0.2, 0.25) is 9.84 Å². The Morgan fingerprint density at radius 2 is 1.61 bits per heavy atom. The maximum absolute atomic E-state index is 13.3. The number of benzene rings is 3. The van der Waals surface area contributed by atoms with Gasteiger partial charge in [0, 0.05) is 0 Å². The van der Waals surface area contributed by atoms with Crippen molar-refractivity contribution < 1.29 is 8.42 Å². The van der Waals surface area contributed by atoms with Gasteiger partial charge in [-0.25, -0.2) is 13.4 Å². The molecule has 0 radical (unpaired) electrons. The first kappa shape index (κ1) is 18.5. The van der Waals surface area contributed by atoms with E-state index in [4.69, 9.17) is 5.73 Å². The number of anilines is 1. The lowest BCUT2D eigenvalue weighted by atomic mass is 9.99. The fourth-order valence-electron chi connectivity index (χ4n) is 3.10. The zero-order valence-electron chi connectivity index (χ0n) is 14.6. The zero-order chi connectivity index (χ0) is 19.7. The number of H-pyrrole nitrogens is 1. The van der Waals surface area contributed by atoms with Crippen LogP contribution in [0.1, 0.15) is 11.1 Å². The smallest absolute Gasteiger partial charge is 0.208 e. The van der Waals surface area contributed by atoms with Crippen molar-refractivity contribution in [1.82, 2.24) is 9.97 Å². The van der Waals surface area contributed by atoms with Crippen LogP contribution in [0.3, 0.4) is 0 Å². The van der Waals surface area contributed by atoms with Gasteiger partial charge in [0.15, 0.2) is 5.95 Å². The Bertz CT molecular complexity index is 1280. The van der Waals surface area contributed by atoms with Crippen LogP contribution in [0.2, 0.25) is 0 Å². The predicted octanol–water partition coefficient (Wildman–Crippen LogP) is 4.76. The summed E-state index contributed by atoms with van der Waals surface area (Å²) in [4.78, 5) is 9.27. The summed E-state index contributed by atoms with van der Waals surface area (Å²) >= 11 is 3.42. The third-order valence-corrected chi connectivity index (χ3v) is 6.66. The van der Waals surface area contributed by atoms with E-state index in [1.807, 2.05) is 36.4 Å². The van der Waals surface area contributed by atoms with Crippen LogP contribution in [0, 0.1) is 0 Å². The summed E-state index contributed by atoms with van der Waals surface area (Å²) in [6, 6.07) is 21.5. The maximum Gasteiger partial charge on any atom is 0.208 e. The van der Waals surface area contributed by atoms with E-state index in [1.165, 1.54) is 0 Å². The van der Waals surface area contributed by atoms with Gasteiger partial charge in [-0.1, -0.05) is 64.5 Å². The first-order chi connectivity index (χ1) is 13.5. The lowest BCUT2D eigenvalue weighted by molar-refractivity contribution is 0.597. The van der Waals surface area contributed by atoms with Crippen LogP contribution >= 0.6 is 15.9 Å². The number of hydrogen-bond acceptors (Lipinski definition) is 4. The van der Waals surface area contributed by atoms with Crippen LogP contribution in [0.4, 0.5) is 5.95 Å². The molecule has 140 valence electrons. The Morgan fingerprint density at radius 1 is 0.964 bits per heavy atom. The van der Waals surface area contributed by atoms with Gasteiger partial charge < -0.3 is 10.7 Å². The minimum atomic E-state index is -3.78. The number of nitrogens with one attached hydrogen (secondary N) is 1. The summed E-state index contributed by atoms with van der Waals surface area (Å²) < 4.78 is 26.7. The van der Waals surface area contributed by atoms with E-state index in [0.29, 0.717) is 11.0 Å². The van der Waals surface area contributed by atoms with Gasteiger partial charge in [0.25, 0.3) is 0 Å². The number of nitrogen functional groups attached to an aromatic ring is 1. The van der Waals surface area contributed by atoms with Crippen molar-refractivity contribution in [2.45, 2.75) is 9.79 Å². The number of hydrogen-bond donors (Lipinski definition) is 2. The Balaban J connectivity index is 1.99. The lowest BCUT2D eigenvalue weighted by Crippen LogP contribution is -2.04. The van der Waals surface area contributed by atoms with Crippen LogP contribution in [0.15, 0.2) is 87.6 Å². The van der Waals surface area contributed by atoms with Crippen LogP contribution < -0.4 is 5.73 Å². The first-order valence-corrected chi connectivity index (χ1v) is 10.9. The monoisotopic (exact) mass is 453 g/mol. The summed E-state index contributed by atoms with van der Waals surface area (Å²) in [6.45, 7) is 0. The summed E-state index contributed by atoms with van der Waals surface area (Å²) in [7, 11) is -3.78. The summed E-state index contributed by atoms with van der Waals surface area (Å²) in [6.07, 6.45) is 0. The molecule has 4 rings (SSSR count). The SMILES string of the molecule is Nc1nc2c(S(=O)(=O)c3ccccc3)cc(/C(=C/Br)c3ccccc3)cc2[nH]1. The Morgan fingerprint density at radius 3 is 2.25 bits per heavy atom. The molecule has 4 aromatic rings. The molecule has 3 aromatic carbocycles. The zero-order valence-corrected chi connectivity index (χ0v) is 17.0. The van der Waals surface area contributed by atoms with Crippen molar-refractivity contribution in [3.05, 3.63) is 88.9 Å². The maximum atomic E-state index is 13.3. The Hall–Kier alpha value is -2.90. The van der Waals surface area contributed by atoms with Gasteiger partial charge >= 0.3 is 0 Å². The molecule has 0 saturated carbocycles. The number of nitrogens with zero attached hydrogens (tertiary/aromatic N) is 1. The number of nitrogens with two attached hydrogens (primary N) is 1. The fourth-order valence-corrected chi connectivity index (χ4v) is 5.09. The van der Waals surface area contributed by atoms with E-state index < -0.39 is 9.84 Å². The van der Waals surface area contributed by atoms with Gasteiger partial charge in [0.05, 0.1) is 10.4 Å². The van der Waals surface area contributed by atoms with Crippen molar-refractivity contribution in [3.63, 3.8) is 0 Å². The van der Waals surface area contributed by atoms with Crippen molar-refractivity contribution in [2.24, 2.45) is 0 Å². The van der Waals surface area contributed by atoms with Crippen molar-refractivity contribution >= 4 is 48.3 Å². The summed E-state index contributed by atoms with van der Waals surface area (Å²) in [5.74, 6) is 0.167. The number of imidazole rings is 1. The van der Waals surface area contributed by atoms with Crippen molar-refractivity contribution in [1.29, 1.82) is 0 Å². The number of sulfone groups is 1. The highest BCUT2D eigenvalue weighted by Crippen LogP contribution is 2.33. The average Bonchev–Trinajstić information content (AvgIpc) is 3.09. The van der Waals surface area contributed by atoms with E-state index in [9.17, 15) is 8.42 Å². The molecule has 0 aliphatic carbocycles. The topological polar surface area (TPSA) is 88.8 Å². The van der Waals surface area contributed by atoms with E-state index in [2.05, 4.69) is 25.9 Å². The van der Waals surface area contributed by atoms with Crippen LogP contribution in [-0.2, 0) is 9.84 Å². The largest absolute Gasteiger partial charge is 0.369 e. The third-order valence-electron chi connectivity index (χ3n) is 4.42. The molecule has 0 atom stereocenters. The molecule has 0 spiro atoms. The second-order valence-corrected chi connectivity index (χ2v) is 8.57. The molecule has 5 nitrogen and oxygen atoms in total. The normalized spacial score (nSPS) is 12.4. The molecule has 1 heterocycles. The van der Waals surface area contributed by atoms with Crippen molar-refractivity contribution in [2.75, 3.05) is 5.73 Å². The Labute approximate surface area is 171 Å². The molecule has 0 unspecified atom stereocenters. The highest BCUT2D eigenvalue weighted by atomic mass is 79.9. The Kier molecular flexibility index (Phi) is 4.78. The van der Waals surface area contributed by atoms with Gasteiger partial charge in [-0.05, 0) is 46.0 Å². The van der Waals surface area contributed by atoms with E-state index in [0.717, 1.165) is 16.7 Å². The highest BCUT2D eigenvalue weighted by molar-refractivity contribution is 9.11. The minimum absolute atomic E-state index is 0.113. The molecular formula is C21H16BrN3O2S. The standard InChI is InChI=1S/C21H16BrN3O2S/c22-13-17(14-7-3-1-4-8-14)15-11-18-20(25-21(23)24-18)19(12-15)28(26,27)16-9-5-2-6-10-16/h1-13H,(H3,23,24,25)/b17-13+. The predicted molar refractivity (Wildman–Crippen MR) is 115 cm³/mol. The molecular weight excluding hydrogens is 438 g/mol. The molecule has 3 N–H and O–H groups in total. The van der Waals surface area contributed by atoms with Crippen LogP contribution in [-0.4, -0.2) is 18.4 Å². The number of aromatic amines is 1. The van der Waals surface area contributed by atoms with Crippen LogP contribution in [0.25, 0.3) is 16.6 Å². The third kappa shape index (κ3) is 3.23. The number of rotatable bonds is 4. The first-order valence-electron chi connectivity index (χ1n) is 8.46. The second kappa shape index (κ2) is 7.26. The molecule has 0 fully saturated rings. The molecule has 0 aliphatic rings. The molecule has 0 amide bonds. The highest BCUT2D eigenvalue weighted by Gasteiger charge is 2.24. The number of halogens is 1. The quantitative estimate of drug-likeness (QED) is 0.465. The van der Waals surface area contributed by atoms with E-state index >= 15 is 0 Å². The van der Waals surface area contributed by atoms with Crippen molar-refractivity contribution in [3.8, 4) is 0 Å². The van der Waals surface area contributed by atoms with Crippen LogP contribution in [0.5, 0.6) is 0 Å². The number of fused-ring (bicyclic) bond motifs is 1. The molecule has 28 heavy (non-hydrogen) atoms. The lowest BCUT2D eigenvalue weighted by Gasteiger charge is -2.11. The molecule has 0 bridgehead atoms.